The van der Waals surface area contributed by atoms with Crippen molar-refractivity contribution in [2.75, 3.05) is 13.1 Å². The first kappa shape index (κ1) is 16.0. The minimum absolute atomic E-state index is 0. The van der Waals surface area contributed by atoms with Gasteiger partial charge >= 0.3 is 0 Å². The smallest absolute Gasteiger partial charge is 0.248 e. The van der Waals surface area contributed by atoms with Crippen LogP contribution in [0, 0.1) is 0 Å². The van der Waals surface area contributed by atoms with Gasteiger partial charge in [-0.15, -0.1) is 12.4 Å². The summed E-state index contributed by atoms with van der Waals surface area (Å²) in [6, 6.07) is 3.91. The maximum absolute atomic E-state index is 12.7. The summed E-state index contributed by atoms with van der Waals surface area (Å²) in [5.74, 6) is 0.0638. The number of halogens is 1. The highest BCUT2D eigenvalue weighted by atomic mass is 35.5. The molecule has 0 radical (unpaired) electrons. The summed E-state index contributed by atoms with van der Waals surface area (Å²) in [5.41, 5.74) is 0.595. The van der Waals surface area contributed by atoms with Crippen molar-refractivity contribution in [1.29, 1.82) is 0 Å². The van der Waals surface area contributed by atoms with E-state index in [1.807, 2.05) is 28.4 Å². The van der Waals surface area contributed by atoms with Crippen molar-refractivity contribution in [3.8, 4) is 0 Å². The van der Waals surface area contributed by atoms with E-state index in [1.54, 1.807) is 17.5 Å². The van der Waals surface area contributed by atoms with Crippen molar-refractivity contribution in [2.24, 2.45) is 0 Å². The lowest BCUT2D eigenvalue weighted by Gasteiger charge is -2.36. The van der Waals surface area contributed by atoms with E-state index in [1.165, 1.54) is 0 Å². The Bertz CT molecular complexity index is 550. The zero-order valence-electron chi connectivity index (χ0n) is 11.6. The molecule has 114 valence electrons. The highest BCUT2D eigenvalue weighted by Crippen LogP contribution is 2.27. The molecular weight excluding hydrogens is 308 g/mol. The van der Waals surface area contributed by atoms with Crippen LogP contribution in [-0.2, 0) is 16.9 Å². The third-order valence-electron chi connectivity index (χ3n) is 3.83. The molecule has 0 saturated carbocycles. The first-order valence-corrected chi connectivity index (χ1v) is 7.76. The summed E-state index contributed by atoms with van der Waals surface area (Å²) in [5, 5.41) is 14.8. The molecular formula is C14H19ClN4OS. The molecule has 21 heavy (non-hydrogen) atoms. The molecule has 7 heteroatoms. The summed E-state index contributed by atoms with van der Waals surface area (Å²) in [4.78, 5) is 12.7. The second-order valence-corrected chi connectivity index (χ2v) is 5.83. The van der Waals surface area contributed by atoms with Crippen LogP contribution in [0.25, 0.3) is 0 Å². The van der Waals surface area contributed by atoms with Crippen molar-refractivity contribution in [3.05, 3.63) is 40.8 Å². The molecule has 3 heterocycles. The van der Waals surface area contributed by atoms with E-state index in [-0.39, 0.29) is 18.3 Å². The number of rotatable bonds is 4. The van der Waals surface area contributed by atoms with Crippen LogP contribution in [0.15, 0.2) is 35.3 Å². The molecule has 1 aliphatic heterocycles. The van der Waals surface area contributed by atoms with E-state index in [0.29, 0.717) is 6.54 Å². The van der Waals surface area contributed by atoms with Crippen LogP contribution in [0.2, 0.25) is 0 Å². The molecule has 2 N–H and O–H groups in total. The van der Waals surface area contributed by atoms with Crippen LogP contribution < -0.4 is 10.6 Å². The van der Waals surface area contributed by atoms with Gasteiger partial charge in [-0.3, -0.25) is 9.48 Å². The Labute approximate surface area is 134 Å². The van der Waals surface area contributed by atoms with Crippen LogP contribution in [0.5, 0.6) is 0 Å². The Balaban J connectivity index is 0.00000161. The van der Waals surface area contributed by atoms with Crippen molar-refractivity contribution in [1.82, 2.24) is 20.4 Å². The number of amides is 1. The summed E-state index contributed by atoms with van der Waals surface area (Å²) in [6.45, 7) is 2.26. The lowest BCUT2D eigenvalue weighted by molar-refractivity contribution is -0.132. The second kappa shape index (κ2) is 7.06. The van der Waals surface area contributed by atoms with Gasteiger partial charge in [0.25, 0.3) is 0 Å². The normalized spacial score (nSPS) is 17.0. The minimum atomic E-state index is -0.551. The van der Waals surface area contributed by atoms with Gasteiger partial charge in [-0.1, -0.05) is 0 Å². The Kier molecular flexibility index (Phi) is 5.39. The molecule has 0 aliphatic carbocycles. The number of hydrogen-bond acceptors (Lipinski definition) is 4. The van der Waals surface area contributed by atoms with Crippen molar-refractivity contribution in [3.63, 3.8) is 0 Å². The molecule has 2 aromatic heterocycles. The predicted octanol–water partition coefficient (Wildman–Crippen LogP) is 1.76. The summed E-state index contributed by atoms with van der Waals surface area (Å²) < 4.78 is 1.82. The number of hydrogen-bond donors (Lipinski definition) is 2. The van der Waals surface area contributed by atoms with E-state index in [9.17, 15) is 4.79 Å². The van der Waals surface area contributed by atoms with E-state index in [2.05, 4.69) is 21.1 Å². The number of thiophene rings is 1. The van der Waals surface area contributed by atoms with Crippen LogP contribution in [0.4, 0.5) is 0 Å². The molecule has 5 nitrogen and oxygen atoms in total. The number of nitrogens with one attached hydrogen (secondary N) is 2. The Hall–Kier alpha value is -1.37. The monoisotopic (exact) mass is 326 g/mol. The number of carbonyl (C=O) groups excluding carboxylic acids is 1. The van der Waals surface area contributed by atoms with Gasteiger partial charge in [0.2, 0.25) is 5.91 Å². The molecule has 2 aromatic rings. The van der Waals surface area contributed by atoms with Gasteiger partial charge < -0.3 is 10.6 Å². The molecule has 0 spiro atoms. The van der Waals surface area contributed by atoms with Crippen LogP contribution in [0.1, 0.15) is 18.4 Å². The highest BCUT2D eigenvalue weighted by Gasteiger charge is 2.41. The topological polar surface area (TPSA) is 59.0 Å². The molecule has 3 rings (SSSR count). The van der Waals surface area contributed by atoms with Gasteiger partial charge in [-0.25, -0.2) is 0 Å². The fourth-order valence-electron chi connectivity index (χ4n) is 2.66. The van der Waals surface area contributed by atoms with E-state index >= 15 is 0 Å². The Morgan fingerprint density at radius 2 is 2.29 bits per heavy atom. The van der Waals surface area contributed by atoms with Crippen molar-refractivity contribution < 1.29 is 4.79 Å². The molecule has 0 bridgehead atoms. The molecule has 0 atom stereocenters. The lowest BCUT2D eigenvalue weighted by Crippen LogP contribution is -2.54. The van der Waals surface area contributed by atoms with E-state index < -0.39 is 5.54 Å². The van der Waals surface area contributed by atoms with Gasteiger partial charge in [0.15, 0.2) is 0 Å². The molecule has 0 unspecified atom stereocenters. The zero-order chi connectivity index (χ0) is 13.8. The molecule has 0 aromatic carbocycles. The maximum atomic E-state index is 12.7. The summed E-state index contributed by atoms with van der Waals surface area (Å²) in [6.07, 6.45) is 5.15. The predicted molar refractivity (Wildman–Crippen MR) is 85.7 cm³/mol. The van der Waals surface area contributed by atoms with Gasteiger partial charge in [0.05, 0.1) is 0 Å². The average Bonchev–Trinajstić information content (AvgIpc) is 3.18. The second-order valence-electron chi connectivity index (χ2n) is 5.05. The quantitative estimate of drug-likeness (QED) is 0.900. The Morgan fingerprint density at radius 3 is 2.90 bits per heavy atom. The Morgan fingerprint density at radius 1 is 1.48 bits per heavy atom. The molecule has 1 saturated heterocycles. The van der Waals surface area contributed by atoms with Crippen LogP contribution in [0.3, 0.4) is 0 Å². The largest absolute Gasteiger partial charge is 0.350 e. The van der Waals surface area contributed by atoms with Crippen molar-refractivity contribution in [2.45, 2.75) is 24.9 Å². The first-order valence-electron chi connectivity index (χ1n) is 6.81. The first-order chi connectivity index (χ1) is 9.81. The fraction of sp³-hybridized carbons (Fsp3) is 0.429. The van der Waals surface area contributed by atoms with Gasteiger partial charge in [-0.05, 0) is 54.4 Å². The van der Waals surface area contributed by atoms with Gasteiger partial charge in [0.1, 0.15) is 5.54 Å². The molecule has 1 aliphatic rings. The number of nitrogens with zero attached hydrogens (tertiary/aromatic N) is 2. The summed E-state index contributed by atoms with van der Waals surface area (Å²) in [7, 11) is 0. The number of piperidine rings is 1. The van der Waals surface area contributed by atoms with E-state index in [0.717, 1.165) is 31.5 Å². The fourth-order valence-corrected chi connectivity index (χ4v) is 3.33. The third kappa shape index (κ3) is 3.28. The SMILES string of the molecule is Cl.O=C(NCc1ccsc1)C1(n2cccn2)CCNCC1. The van der Waals surface area contributed by atoms with Gasteiger partial charge in [0, 0.05) is 18.9 Å². The average molecular weight is 327 g/mol. The minimum Gasteiger partial charge on any atom is -0.350 e. The highest BCUT2D eigenvalue weighted by molar-refractivity contribution is 7.07. The van der Waals surface area contributed by atoms with Crippen LogP contribution >= 0.6 is 23.7 Å². The number of aromatic nitrogens is 2. The zero-order valence-corrected chi connectivity index (χ0v) is 13.3. The summed E-state index contributed by atoms with van der Waals surface area (Å²) >= 11 is 1.64. The number of carbonyl (C=O) groups is 1. The molecule has 1 fully saturated rings. The lowest BCUT2D eigenvalue weighted by atomic mass is 9.87. The van der Waals surface area contributed by atoms with Crippen LogP contribution in [-0.4, -0.2) is 28.8 Å². The maximum Gasteiger partial charge on any atom is 0.248 e. The van der Waals surface area contributed by atoms with E-state index in [4.69, 9.17) is 0 Å². The van der Waals surface area contributed by atoms with Crippen molar-refractivity contribution >= 4 is 29.7 Å². The van der Waals surface area contributed by atoms with Gasteiger partial charge in [-0.2, -0.15) is 16.4 Å². The third-order valence-corrected chi connectivity index (χ3v) is 4.56. The molecule has 1 amide bonds. The standard InChI is InChI=1S/C14H18N4OS.ClH/c19-13(16-10-12-2-9-20-11-12)14(3-6-15-7-4-14)18-8-1-5-17-18;/h1-2,5,8-9,11,15H,3-4,6-7,10H2,(H,16,19);1H.